The number of piperidine rings is 1. The highest BCUT2D eigenvalue weighted by Crippen LogP contribution is 2.35. The maximum absolute atomic E-state index is 5.05. The fourth-order valence-electron chi connectivity index (χ4n) is 3.83. The summed E-state index contributed by atoms with van der Waals surface area (Å²) >= 11 is 0. The molecule has 0 aliphatic carbocycles. The van der Waals surface area contributed by atoms with Crippen molar-refractivity contribution in [3.05, 3.63) is 11.7 Å². The van der Waals surface area contributed by atoms with Gasteiger partial charge in [0.2, 0.25) is 5.89 Å². The predicted octanol–water partition coefficient (Wildman–Crippen LogP) is 1.92. The third-order valence-corrected chi connectivity index (χ3v) is 4.73. The second-order valence-electron chi connectivity index (χ2n) is 6.22. The number of hydrogen-bond donors (Lipinski definition) is 1. The molecule has 2 aliphatic rings. The van der Waals surface area contributed by atoms with E-state index in [0.29, 0.717) is 5.89 Å². The van der Waals surface area contributed by atoms with E-state index in [4.69, 9.17) is 4.52 Å². The minimum Gasteiger partial charge on any atom is -0.340 e. The summed E-state index contributed by atoms with van der Waals surface area (Å²) in [6.07, 6.45) is 7.48. The molecule has 2 atom stereocenters. The van der Waals surface area contributed by atoms with Gasteiger partial charge < -0.3 is 9.84 Å². The topological polar surface area (TPSA) is 54.2 Å². The zero-order valence-electron chi connectivity index (χ0n) is 12.6. The van der Waals surface area contributed by atoms with E-state index in [1.54, 1.807) is 0 Å². The lowest BCUT2D eigenvalue weighted by molar-refractivity contribution is 0.117. The first-order chi connectivity index (χ1) is 9.76. The molecule has 2 unspecified atom stereocenters. The molecule has 0 radical (unpaired) electrons. The third-order valence-electron chi connectivity index (χ3n) is 4.73. The Kier molecular flexibility index (Phi) is 4.36. The van der Waals surface area contributed by atoms with Gasteiger partial charge in [-0.2, -0.15) is 4.98 Å². The van der Waals surface area contributed by atoms with Crippen molar-refractivity contribution in [2.75, 3.05) is 13.1 Å². The normalized spacial score (nSPS) is 30.0. The molecular formula is C15H26N4O. The van der Waals surface area contributed by atoms with Gasteiger partial charge in [-0.15, -0.1) is 0 Å². The summed E-state index contributed by atoms with van der Waals surface area (Å²) in [5.74, 6) is 1.53. The molecule has 3 heterocycles. The SMILES string of the molecule is CCCNC1CC2CCC(C1)N2CCc1noc(C)n1. The molecule has 2 aliphatic heterocycles. The van der Waals surface area contributed by atoms with Crippen molar-refractivity contribution in [2.45, 2.75) is 70.5 Å². The van der Waals surface area contributed by atoms with Crippen molar-refractivity contribution in [1.82, 2.24) is 20.4 Å². The molecule has 3 rings (SSSR count). The van der Waals surface area contributed by atoms with Gasteiger partial charge in [0, 0.05) is 38.0 Å². The fraction of sp³-hybridized carbons (Fsp3) is 0.867. The van der Waals surface area contributed by atoms with Crippen LogP contribution in [0, 0.1) is 6.92 Å². The molecule has 1 aromatic rings. The van der Waals surface area contributed by atoms with Gasteiger partial charge in [0.15, 0.2) is 5.82 Å². The van der Waals surface area contributed by atoms with Crippen LogP contribution >= 0.6 is 0 Å². The first kappa shape index (κ1) is 14.0. The van der Waals surface area contributed by atoms with Gasteiger partial charge in [-0.3, -0.25) is 4.90 Å². The lowest BCUT2D eigenvalue weighted by Crippen LogP contribution is -2.49. The number of nitrogens with one attached hydrogen (secondary N) is 1. The Morgan fingerprint density at radius 2 is 2.05 bits per heavy atom. The van der Waals surface area contributed by atoms with Gasteiger partial charge in [-0.25, -0.2) is 0 Å². The zero-order chi connectivity index (χ0) is 13.9. The van der Waals surface area contributed by atoms with Crippen molar-refractivity contribution in [3.63, 3.8) is 0 Å². The molecule has 2 saturated heterocycles. The predicted molar refractivity (Wildman–Crippen MR) is 77.6 cm³/mol. The minimum absolute atomic E-state index is 0.672. The largest absolute Gasteiger partial charge is 0.340 e. The number of hydrogen-bond acceptors (Lipinski definition) is 5. The van der Waals surface area contributed by atoms with Crippen molar-refractivity contribution in [3.8, 4) is 0 Å². The Morgan fingerprint density at radius 1 is 1.30 bits per heavy atom. The summed E-state index contributed by atoms with van der Waals surface area (Å²) < 4.78 is 5.05. The van der Waals surface area contributed by atoms with Crippen molar-refractivity contribution >= 4 is 0 Å². The first-order valence-electron chi connectivity index (χ1n) is 8.04. The third kappa shape index (κ3) is 3.04. The second kappa shape index (κ2) is 6.22. The molecule has 20 heavy (non-hydrogen) atoms. The van der Waals surface area contributed by atoms with E-state index < -0.39 is 0 Å². The highest BCUT2D eigenvalue weighted by Gasteiger charge is 2.40. The Morgan fingerprint density at radius 3 is 2.65 bits per heavy atom. The lowest BCUT2D eigenvalue weighted by atomic mass is 9.97. The molecule has 2 bridgehead atoms. The van der Waals surface area contributed by atoms with E-state index in [0.717, 1.165) is 43.5 Å². The maximum atomic E-state index is 5.05. The van der Waals surface area contributed by atoms with Crippen molar-refractivity contribution in [1.29, 1.82) is 0 Å². The molecule has 1 aromatic heterocycles. The van der Waals surface area contributed by atoms with Crippen LogP contribution in [0.3, 0.4) is 0 Å². The summed E-state index contributed by atoms with van der Waals surface area (Å²) in [6.45, 7) is 6.33. The van der Waals surface area contributed by atoms with Crippen LogP contribution < -0.4 is 5.32 Å². The standard InChI is InChI=1S/C15H26N4O/c1-3-7-16-12-9-13-4-5-14(10-12)19(13)8-6-15-17-11(2)20-18-15/h12-14,16H,3-10H2,1-2H3. The van der Waals surface area contributed by atoms with Crippen LogP contribution in [0.1, 0.15) is 50.7 Å². The van der Waals surface area contributed by atoms with Crippen LogP contribution in [0.15, 0.2) is 4.52 Å². The Balaban J connectivity index is 1.52. The van der Waals surface area contributed by atoms with Gasteiger partial charge >= 0.3 is 0 Å². The average molecular weight is 278 g/mol. The van der Waals surface area contributed by atoms with Gasteiger partial charge in [-0.1, -0.05) is 12.1 Å². The Hall–Kier alpha value is -0.940. The van der Waals surface area contributed by atoms with Crippen LogP contribution in [0.4, 0.5) is 0 Å². The summed E-state index contributed by atoms with van der Waals surface area (Å²) in [5.41, 5.74) is 0. The van der Waals surface area contributed by atoms with Crippen molar-refractivity contribution < 1.29 is 4.52 Å². The van der Waals surface area contributed by atoms with Crippen LogP contribution in [0.5, 0.6) is 0 Å². The van der Waals surface area contributed by atoms with E-state index in [1.165, 1.54) is 32.1 Å². The van der Waals surface area contributed by atoms with E-state index in [2.05, 4.69) is 27.3 Å². The van der Waals surface area contributed by atoms with E-state index >= 15 is 0 Å². The van der Waals surface area contributed by atoms with Gasteiger partial charge in [0.25, 0.3) is 0 Å². The highest BCUT2D eigenvalue weighted by molar-refractivity contribution is 4.98. The van der Waals surface area contributed by atoms with Crippen LogP contribution in [0.25, 0.3) is 0 Å². The monoisotopic (exact) mass is 278 g/mol. The summed E-state index contributed by atoms with van der Waals surface area (Å²) in [6, 6.07) is 2.25. The van der Waals surface area contributed by atoms with Gasteiger partial charge in [-0.05, 0) is 38.6 Å². The van der Waals surface area contributed by atoms with Crippen molar-refractivity contribution in [2.24, 2.45) is 0 Å². The smallest absolute Gasteiger partial charge is 0.223 e. The maximum Gasteiger partial charge on any atom is 0.223 e. The molecule has 2 fully saturated rings. The molecule has 5 heteroatoms. The lowest BCUT2D eigenvalue weighted by Gasteiger charge is -2.39. The minimum atomic E-state index is 0.672. The van der Waals surface area contributed by atoms with Crippen LogP contribution in [-0.2, 0) is 6.42 Å². The molecule has 5 nitrogen and oxygen atoms in total. The molecule has 0 amide bonds. The summed E-state index contributed by atoms with van der Waals surface area (Å²) in [4.78, 5) is 6.99. The Bertz CT molecular complexity index is 419. The molecule has 0 aromatic carbocycles. The zero-order valence-corrected chi connectivity index (χ0v) is 12.6. The number of aryl methyl sites for hydroxylation is 1. The average Bonchev–Trinajstić information content (AvgIpc) is 2.95. The molecular weight excluding hydrogens is 252 g/mol. The van der Waals surface area contributed by atoms with E-state index in [9.17, 15) is 0 Å². The second-order valence-corrected chi connectivity index (χ2v) is 6.22. The summed E-state index contributed by atoms with van der Waals surface area (Å²) in [7, 11) is 0. The number of aromatic nitrogens is 2. The number of rotatable bonds is 6. The van der Waals surface area contributed by atoms with E-state index in [-0.39, 0.29) is 0 Å². The van der Waals surface area contributed by atoms with Gasteiger partial charge in [0.1, 0.15) is 0 Å². The van der Waals surface area contributed by atoms with Crippen LogP contribution in [-0.4, -0.2) is 46.3 Å². The number of nitrogens with zero attached hydrogens (tertiary/aromatic N) is 3. The fourth-order valence-corrected chi connectivity index (χ4v) is 3.83. The van der Waals surface area contributed by atoms with E-state index in [1.807, 2.05) is 6.92 Å². The quantitative estimate of drug-likeness (QED) is 0.861. The summed E-state index contributed by atoms with van der Waals surface area (Å²) in [5, 5.41) is 7.70. The molecule has 0 spiro atoms. The van der Waals surface area contributed by atoms with Gasteiger partial charge in [0.05, 0.1) is 0 Å². The molecule has 112 valence electrons. The Labute approximate surface area is 121 Å². The number of fused-ring (bicyclic) bond motifs is 2. The highest BCUT2D eigenvalue weighted by atomic mass is 16.5. The molecule has 0 saturated carbocycles. The first-order valence-corrected chi connectivity index (χ1v) is 8.04. The molecule has 1 N–H and O–H groups in total. The van der Waals surface area contributed by atoms with Crippen LogP contribution in [0.2, 0.25) is 0 Å².